The molecule has 0 saturated heterocycles. The van der Waals surface area contributed by atoms with Crippen LogP contribution in [0.3, 0.4) is 0 Å². The molecular weight excluding hydrogens is 246 g/mol. The second-order valence-corrected chi connectivity index (χ2v) is 4.54. The van der Waals surface area contributed by atoms with E-state index in [0.717, 1.165) is 18.5 Å². The Morgan fingerprint density at radius 1 is 1.53 bits per heavy atom. The van der Waals surface area contributed by atoms with E-state index in [2.05, 4.69) is 17.2 Å². The first-order valence-electron chi connectivity index (χ1n) is 6.31. The lowest BCUT2D eigenvalue weighted by Crippen LogP contribution is -2.25. The molecule has 0 spiro atoms. The molecule has 19 heavy (non-hydrogen) atoms. The summed E-state index contributed by atoms with van der Waals surface area (Å²) in [5.74, 6) is -0.478. The van der Waals surface area contributed by atoms with Crippen molar-refractivity contribution in [1.29, 1.82) is 0 Å². The molecule has 6 nitrogen and oxygen atoms in total. The molecule has 2 aromatic rings. The lowest BCUT2D eigenvalue weighted by atomic mass is 10.1. The van der Waals surface area contributed by atoms with Gasteiger partial charge in [0.2, 0.25) is 0 Å². The molecule has 0 aliphatic heterocycles. The lowest BCUT2D eigenvalue weighted by molar-refractivity contribution is 0.182. The average molecular weight is 265 g/mol. The van der Waals surface area contributed by atoms with Crippen molar-refractivity contribution in [2.75, 3.05) is 24.8 Å². The first kappa shape index (κ1) is 13.5. The Kier molecular flexibility index (Phi) is 4.11. The molecule has 0 fully saturated rings. The Labute approximate surface area is 110 Å². The average Bonchev–Trinajstić information content (AvgIpc) is 2.69. The number of ether oxygens (including phenoxy) is 1. The molecule has 0 radical (unpaired) electrons. The molecule has 1 heterocycles. The van der Waals surface area contributed by atoms with E-state index in [0.29, 0.717) is 23.4 Å². The number of hydrogen-bond donors (Lipinski definition) is 3. The smallest absolute Gasteiger partial charge is 0.408 e. The normalized spacial score (nSPS) is 12.7. The molecular formula is C13H19N3O3. The van der Waals surface area contributed by atoms with E-state index < -0.39 is 5.76 Å². The van der Waals surface area contributed by atoms with Gasteiger partial charge < -0.3 is 20.2 Å². The Bertz CT molecular complexity index is 597. The van der Waals surface area contributed by atoms with E-state index in [4.69, 9.17) is 14.9 Å². The summed E-state index contributed by atoms with van der Waals surface area (Å²) in [7, 11) is 1.67. The number of aromatic nitrogens is 1. The Hall–Kier alpha value is -1.95. The van der Waals surface area contributed by atoms with Gasteiger partial charge in [0.25, 0.3) is 0 Å². The number of nitrogens with two attached hydrogens (primary N) is 1. The number of hydrogen-bond acceptors (Lipinski definition) is 5. The van der Waals surface area contributed by atoms with Crippen LogP contribution in [0.1, 0.15) is 19.8 Å². The highest BCUT2D eigenvalue weighted by Crippen LogP contribution is 2.25. The summed E-state index contributed by atoms with van der Waals surface area (Å²) in [4.78, 5) is 13.7. The van der Waals surface area contributed by atoms with Crippen molar-refractivity contribution in [3.05, 3.63) is 22.7 Å². The molecule has 0 amide bonds. The number of oxazole rings is 1. The van der Waals surface area contributed by atoms with Crippen LogP contribution in [0, 0.1) is 0 Å². The Morgan fingerprint density at radius 3 is 3.00 bits per heavy atom. The van der Waals surface area contributed by atoms with Crippen molar-refractivity contribution >= 4 is 22.5 Å². The molecule has 1 unspecified atom stereocenters. The van der Waals surface area contributed by atoms with E-state index in [9.17, 15) is 4.79 Å². The summed E-state index contributed by atoms with van der Waals surface area (Å²) in [6.45, 7) is 2.72. The second kappa shape index (κ2) is 5.79. The van der Waals surface area contributed by atoms with Gasteiger partial charge in [-0.25, -0.2) is 4.79 Å². The summed E-state index contributed by atoms with van der Waals surface area (Å²) in [6, 6.07) is 3.62. The molecule has 0 aliphatic carbocycles. The van der Waals surface area contributed by atoms with E-state index in [1.807, 2.05) is 0 Å². The van der Waals surface area contributed by atoms with E-state index in [1.165, 1.54) is 0 Å². The highest BCUT2D eigenvalue weighted by molar-refractivity contribution is 5.85. The van der Waals surface area contributed by atoms with Crippen molar-refractivity contribution in [3.63, 3.8) is 0 Å². The maximum atomic E-state index is 11.1. The van der Waals surface area contributed by atoms with Crippen molar-refractivity contribution in [2.45, 2.75) is 25.8 Å². The molecule has 1 aromatic heterocycles. The van der Waals surface area contributed by atoms with Crippen molar-refractivity contribution < 1.29 is 9.15 Å². The number of aromatic amines is 1. The van der Waals surface area contributed by atoms with Crippen LogP contribution >= 0.6 is 0 Å². The van der Waals surface area contributed by atoms with Gasteiger partial charge in [0.15, 0.2) is 5.58 Å². The van der Waals surface area contributed by atoms with Crippen LogP contribution in [0.4, 0.5) is 11.4 Å². The number of nitrogen functional groups attached to an aromatic ring is 1. The van der Waals surface area contributed by atoms with Crippen LogP contribution in [-0.4, -0.2) is 24.7 Å². The fraction of sp³-hybridized carbons (Fsp3) is 0.462. The highest BCUT2D eigenvalue weighted by atomic mass is 16.5. The second-order valence-electron chi connectivity index (χ2n) is 4.54. The van der Waals surface area contributed by atoms with Gasteiger partial charge in [0.1, 0.15) is 0 Å². The zero-order valence-electron chi connectivity index (χ0n) is 11.2. The first-order chi connectivity index (χ1) is 9.13. The third-order valence-corrected chi connectivity index (χ3v) is 2.96. The third kappa shape index (κ3) is 3.08. The maximum absolute atomic E-state index is 11.1. The van der Waals surface area contributed by atoms with Crippen LogP contribution in [0.15, 0.2) is 21.3 Å². The van der Waals surface area contributed by atoms with Gasteiger partial charge in [-0.15, -0.1) is 0 Å². The largest absolute Gasteiger partial charge is 0.417 e. The summed E-state index contributed by atoms with van der Waals surface area (Å²) in [5, 5.41) is 3.34. The molecule has 0 saturated carbocycles. The van der Waals surface area contributed by atoms with Gasteiger partial charge in [-0.3, -0.25) is 4.98 Å². The number of benzene rings is 1. The molecule has 0 aliphatic rings. The van der Waals surface area contributed by atoms with E-state index in [-0.39, 0.29) is 6.04 Å². The molecule has 4 N–H and O–H groups in total. The summed E-state index contributed by atoms with van der Waals surface area (Å²) < 4.78 is 10.1. The fourth-order valence-corrected chi connectivity index (χ4v) is 2.10. The van der Waals surface area contributed by atoms with Crippen LogP contribution in [0.2, 0.25) is 0 Å². The van der Waals surface area contributed by atoms with Gasteiger partial charge in [-0.2, -0.15) is 0 Å². The number of anilines is 2. The minimum atomic E-state index is -0.478. The quantitative estimate of drug-likeness (QED) is 0.694. The molecule has 6 heteroatoms. The highest BCUT2D eigenvalue weighted by Gasteiger charge is 2.11. The third-order valence-electron chi connectivity index (χ3n) is 2.96. The summed E-state index contributed by atoms with van der Waals surface area (Å²) in [5.41, 5.74) is 8.38. The van der Waals surface area contributed by atoms with Gasteiger partial charge in [0.05, 0.1) is 23.5 Å². The first-order valence-corrected chi connectivity index (χ1v) is 6.31. The van der Waals surface area contributed by atoms with Gasteiger partial charge in [-0.1, -0.05) is 13.3 Å². The Morgan fingerprint density at radius 2 is 2.32 bits per heavy atom. The van der Waals surface area contributed by atoms with Gasteiger partial charge >= 0.3 is 5.76 Å². The van der Waals surface area contributed by atoms with E-state index in [1.54, 1.807) is 19.2 Å². The topological polar surface area (TPSA) is 93.3 Å². The number of methoxy groups -OCH3 is 1. The van der Waals surface area contributed by atoms with Crippen LogP contribution in [0.25, 0.3) is 11.1 Å². The zero-order chi connectivity index (χ0) is 13.8. The van der Waals surface area contributed by atoms with Crippen molar-refractivity contribution in [3.8, 4) is 0 Å². The molecule has 1 atom stereocenters. The maximum Gasteiger partial charge on any atom is 0.417 e. The number of rotatable bonds is 6. The van der Waals surface area contributed by atoms with Crippen molar-refractivity contribution in [1.82, 2.24) is 4.98 Å². The predicted octanol–water partition coefficient (Wildman–Crippen LogP) is 1.93. The fourth-order valence-electron chi connectivity index (χ4n) is 2.10. The lowest BCUT2D eigenvalue weighted by Gasteiger charge is -2.19. The van der Waals surface area contributed by atoms with E-state index >= 15 is 0 Å². The van der Waals surface area contributed by atoms with Gasteiger partial charge in [0, 0.05) is 19.2 Å². The molecule has 2 rings (SSSR count). The summed E-state index contributed by atoms with van der Waals surface area (Å²) >= 11 is 0. The predicted molar refractivity (Wildman–Crippen MR) is 75.4 cm³/mol. The molecule has 0 bridgehead atoms. The molecule has 1 aromatic carbocycles. The zero-order valence-corrected chi connectivity index (χ0v) is 11.2. The van der Waals surface area contributed by atoms with Crippen LogP contribution in [0.5, 0.6) is 0 Å². The number of fused-ring (bicyclic) bond motifs is 1. The summed E-state index contributed by atoms with van der Waals surface area (Å²) in [6.07, 6.45) is 2.03. The Balaban J connectivity index is 2.27. The number of H-pyrrole nitrogens is 1. The minimum Gasteiger partial charge on any atom is -0.408 e. The van der Waals surface area contributed by atoms with Crippen LogP contribution in [-0.2, 0) is 4.74 Å². The number of nitrogens with one attached hydrogen (secondary N) is 2. The molecule has 104 valence electrons. The monoisotopic (exact) mass is 265 g/mol. The van der Waals surface area contributed by atoms with Crippen molar-refractivity contribution in [2.24, 2.45) is 0 Å². The standard InChI is InChI=1S/C13H19N3O3/c1-3-4-8(7-18-2)15-10-6-11-12(5-9(10)14)19-13(17)16-11/h5-6,8,15H,3-4,7,14H2,1-2H3,(H,16,17). The van der Waals surface area contributed by atoms with Crippen LogP contribution < -0.4 is 16.8 Å². The SMILES string of the molecule is CCCC(COC)Nc1cc2[nH]c(=O)oc2cc1N. The van der Waals surface area contributed by atoms with Gasteiger partial charge in [-0.05, 0) is 12.5 Å². The minimum absolute atomic E-state index is 0.188.